The summed E-state index contributed by atoms with van der Waals surface area (Å²) in [7, 11) is 0. The molecule has 15 heavy (non-hydrogen) atoms. The van der Waals surface area contributed by atoms with Gasteiger partial charge >= 0.3 is 0 Å². The van der Waals surface area contributed by atoms with Crippen molar-refractivity contribution in [3.05, 3.63) is 28.9 Å². The van der Waals surface area contributed by atoms with Crippen LogP contribution in [0.2, 0.25) is 0 Å². The van der Waals surface area contributed by atoms with Gasteiger partial charge in [-0.25, -0.2) is 0 Å². The summed E-state index contributed by atoms with van der Waals surface area (Å²) in [4.78, 5) is 20.8. The van der Waals surface area contributed by atoms with Gasteiger partial charge in [0.05, 0.1) is 11.8 Å². The number of hydrogen-bond donors (Lipinski definition) is 0. The third-order valence-corrected chi connectivity index (χ3v) is 2.61. The standard InChI is InChI=1S/C10H12N2O3/c13-7-8-2-1-5-12(8)10-4-3-9(15-10)6-11-14/h1-2,5,7,9-10H,3-4,6H2/t9-,10+/m0/s1. The summed E-state index contributed by atoms with van der Waals surface area (Å²) in [6, 6.07) is 3.54. The number of nitroso groups, excluding NO2 is 1. The average molecular weight is 208 g/mol. The first-order valence-corrected chi connectivity index (χ1v) is 4.91. The van der Waals surface area contributed by atoms with E-state index in [1.54, 1.807) is 16.7 Å². The molecule has 1 aromatic heterocycles. The Morgan fingerprint density at radius 2 is 2.47 bits per heavy atom. The van der Waals surface area contributed by atoms with E-state index in [0.717, 1.165) is 19.1 Å². The van der Waals surface area contributed by atoms with Crippen molar-refractivity contribution >= 4 is 6.29 Å². The lowest BCUT2D eigenvalue weighted by molar-refractivity contribution is 0.00593. The van der Waals surface area contributed by atoms with Crippen LogP contribution in [0.15, 0.2) is 23.5 Å². The van der Waals surface area contributed by atoms with Gasteiger partial charge < -0.3 is 9.30 Å². The second kappa shape index (κ2) is 4.35. The zero-order valence-electron chi connectivity index (χ0n) is 8.20. The first kappa shape index (κ1) is 10.0. The molecule has 0 N–H and O–H groups in total. The van der Waals surface area contributed by atoms with Gasteiger partial charge in [-0.2, -0.15) is 4.91 Å². The van der Waals surface area contributed by atoms with E-state index in [9.17, 15) is 9.70 Å². The van der Waals surface area contributed by atoms with Crippen LogP contribution in [0.4, 0.5) is 0 Å². The van der Waals surface area contributed by atoms with Crippen LogP contribution in [-0.4, -0.2) is 23.5 Å². The van der Waals surface area contributed by atoms with Gasteiger partial charge in [0.25, 0.3) is 0 Å². The van der Waals surface area contributed by atoms with Crippen LogP contribution in [0.1, 0.15) is 29.6 Å². The maximum Gasteiger partial charge on any atom is 0.166 e. The molecule has 2 rings (SSSR count). The Morgan fingerprint density at radius 3 is 3.20 bits per heavy atom. The number of nitrogens with zero attached hydrogens (tertiary/aromatic N) is 2. The first-order valence-electron chi connectivity index (χ1n) is 4.91. The van der Waals surface area contributed by atoms with Crippen LogP contribution >= 0.6 is 0 Å². The average Bonchev–Trinajstić information content (AvgIpc) is 2.84. The fourth-order valence-corrected chi connectivity index (χ4v) is 1.88. The monoisotopic (exact) mass is 208 g/mol. The van der Waals surface area contributed by atoms with Crippen molar-refractivity contribution in [2.24, 2.45) is 5.18 Å². The normalized spacial score (nSPS) is 25.3. The van der Waals surface area contributed by atoms with Crippen LogP contribution < -0.4 is 0 Å². The van der Waals surface area contributed by atoms with Crippen LogP contribution in [0.3, 0.4) is 0 Å². The number of aromatic nitrogens is 1. The van der Waals surface area contributed by atoms with Gasteiger partial charge in [0.1, 0.15) is 12.8 Å². The van der Waals surface area contributed by atoms with E-state index < -0.39 is 0 Å². The summed E-state index contributed by atoms with van der Waals surface area (Å²) in [6.07, 6.45) is 4.00. The molecule has 5 nitrogen and oxygen atoms in total. The van der Waals surface area contributed by atoms with E-state index in [-0.39, 0.29) is 18.9 Å². The van der Waals surface area contributed by atoms with Gasteiger partial charge in [0.15, 0.2) is 6.29 Å². The van der Waals surface area contributed by atoms with Gasteiger partial charge in [-0.1, -0.05) is 5.18 Å². The third-order valence-electron chi connectivity index (χ3n) is 2.61. The summed E-state index contributed by atoms with van der Waals surface area (Å²) in [5, 5.41) is 2.82. The summed E-state index contributed by atoms with van der Waals surface area (Å²) in [5.41, 5.74) is 0.597. The summed E-state index contributed by atoms with van der Waals surface area (Å²) >= 11 is 0. The molecule has 0 radical (unpaired) electrons. The molecular weight excluding hydrogens is 196 g/mol. The molecule has 2 atom stereocenters. The molecule has 2 heterocycles. The smallest absolute Gasteiger partial charge is 0.166 e. The lowest BCUT2D eigenvalue weighted by Gasteiger charge is -2.14. The van der Waals surface area contributed by atoms with Gasteiger partial charge in [-0.3, -0.25) is 4.79 Å². The highest BCUT2D eigenvalue weighted by Crippen LogP contribution is 2.29. The van der Waals surface area contributed by atoms with Crippen LogP contribution in [0.25, 0.3) is 0 Å². The Morgan fingerprint density at radius 1 is 1.60 bits per heavy atom. The number of aldehydes is 1. The van der Waals surface area contributed by atoms with Crippen molar-refractivity contribution < 1.29 is 9.53 Å². The SMILES string of the molecule is O=Cc1cccn1[C@H]1CC[C@@H](CN=O)O1. The van der Waals surface area contributed by atoms with E-state index in [1.807, 2.05) is 6.20 Å². The minimum Gasteiger partial charge on any atom is -0.353 e. The second-order valence-electron chi connectivity index (χ2n) is 3.56. The molecule has 1 aliphatic heterocycles. The van der Waals surface area contributed by atoms with Crippen LogP contribution in [0.5, 0.6) is 0 Å². The zero-order chi connectivity index (χ0) is 10.7. The zero-order valence-corrected chi connectivity index (χ0v) is 8.20. The quantitative estimate of drug-likeness (QED) is 0.559. The van der Waals surface area contributed by atoms with E-state index in [2.05, 4.69) is 5.18 Å². The fraction of sp³-hybridized carbons (Fsp3) is 0.500. The maximum absolute atomic E-state index is 10.7. The first-order chi connectivity index (χ1) is 7.35. The van der Waals surface area contributed by atoms with Crippen molar-refractivity contribution in [1.82, 2.24) is 4.57 Å². The molecule has 0 amide bonds. The molecule has 1 saturated heterocycles. The molecule has 5 heteroatoms. The highest BCUT2D eigenvalue weighted by atomic mass is 16.5. The third kappa shape index (κ3) is 1.97. The Labute approximate surface area is 87.0 Å². The molecule has 0 unspecified atom stereocenters. The lowest BCUT2D eigenvalue weighted by Crippen LogP contribution is -2.14. The van der Waals surface area contributed by atoms with E-state index in [1.165, 1.54) is 0 Å². The number of carbonyl (C=O) groups is 1. The Bertz CT molecular complexity index is 361. The van der Waals surface area contributed by atoms with Crippen molar-refractivity contribution in [2.75, 3.05) is 6.54 Å². The van der Waals surface area contributed by atoms with E-state index in [0.29, 0.717) is 5.69 Å². The lowest BCUT2D eigenvalue weighted by atomic mass is 10.2. The molecule has 0 bridgehead atoms. The summed E-state index contributed by atoms with van der Waals surface area (Å²) in [5.74, 6) is 0. The minimum absolute atomic E-state index is 0.102. The van der Waals surface area contributed by atoms with E-state index >= 15 is 0 Å². The maximum atomic E-state index is 10.7. The highest BCUT2D eigenvalue weighted by Gasteiger charge is 2.27. The minimum atomic E-state index is -0.132. The van der Waals surface area contributed by atoms with Gasteiger partial charge in [0.2, 0.25) is 0 Å². The molecule has 0 aromatic carbocycles. The molecule has 0 spiro atoms. The van der Waals surface area contributed by atoms with Crippen molar-refractivity contribution in [3.63, 3.8) is 0 Å². The molecule has 1 aromatic rings. The second-order valence-corrected chi connectivity index (χ2v) is 3.56. The number of rotatable bonds is 4. The van der Waals surface area contributed by atoms with Gasteiger partial charge in [-0.05, 0) is 25.0 Å². The highest BCUT2D eigenvalue weighted by molar-refractivity contribution is 5.72. The fourth-order valence-electron chi connectivity index (χ4n) is 1.88. The number of ether oxygens (including phenoxy) is 1. The van der Waals surface area contributed by atoms with Crippen molar-refractivity contribution in [3.8, 4) is 0 Å². The largest absolute Gasteiger partial charge is 0.353 e. The molecule has 0 saturated carbocycles. The predicted molar refractivity (Wildman–Crippen MR) is 53.6 cm³/mol. The number of hydrogen-bond acceptors (Lipinski definition) is 4. The summed E-state index contributed by atoms with van der Waals surface area (Å²) < 4.78 is 7.39. The molecular formula is C10H12N2O3. The van der Waals surface area contributed by atoms with Crippen molar-refractivity contribution in [1.29, 1.82) is 0 Å². The molecule has 80 valence electrons. The number of carbonyl (C=O) groups excluding carboxylic acids is 1. The van der Waals surface area contributed by atoms with Crippen LogP contribution in [0, 0.1) is 4.91 Å². The van der Waals surface area contributed by atoms with Gasteiger partial charge in [0, 0.05) is 6.20 Å². The Kier molecular flexibility index (Phi) is 2.91. The Balaban J connectivity index is 2.07. The summed E-state index contributed by atoms with van der Waals surface area (Å²) in [6.45, 7) is 0.189. The molecule has 1 fully saturated rings. The Hall–Kier alpha value is -1.49. The molecule has 0 aliphatic carbocycles. The van der Waals surface area contributed by atoms with Gasteiger partial charge in [-0.15, -0.1) is 0 Å². The van der Waals surface area contributed by atoms with Crippen LogP contribution in [-0.2, 0) is 4.74 Å². The molecule has 1 aliphatic rings. The van der Waals surface area contributed by atoms with E-state index in [4.69, 9.17) is 4.74 Å². The van der Waals surface area contributed by atoms with Crippen molar-refractivity contribution in [2.45, 2.75) is 25.2 Å². The topological polar surface area (TPSA) is 60.7 Å². The predicted octanol–water partition coefficient (Wildman–Crippen LogP) is 1.74.